The van der Waals surface area contributed by atoms with Crippen LogP contribution in [0.5, 0.6) is 0 Å². The summed E-state index contributed by atoms with van der Waals surface area (Å²) in [5.41, 5.74) is 6.77. The molecule has 0 spiro atoms. The molecule has 2 rings (SSSR count). The van der Waals surface area contributed by atoms with E-state index in [2.05, 4.69) is 11.8 Å². The number of anilines is 1. The summed E-state index contributed by atoms with van der Waals surface area (Å²) in [5.74, 6) is 5.64. The van der Waals surface area contributed by atoms with Gasteiger partial charge in [0.2, 0.25) is 0 Å². The molecule has 0 radical (unpaired) electrons. The Hall–Kier alpha value is -2.41. The predicted molar refractivity (Wildman–Crippen MR) is 68.3 cm³/mol. The van der Waals surface area contributed by atoms with Gasteiger partial charge < -0.3 is 5.73 Å². The maximum absolute atomic E-state index is 12.4. The first-order valence-corrected chi connectivity index (χ1v) is 5.50. The van der Waals surface area contributed by atoms with Crippen LogP contribution in [0.3, 0.4) is 0 Å². The average molecular weight is 261 g/mol. The highest BCUT2D eigenvalue weighted by Gasteiger charge is 2.29. The van der Waals surface area contributed by atoms with Crippen LogP contribution in [-0.2, 0) is 6.18 Å². The number of nitrogens with two attached hydrogens (primary N) is 1. The van der Waals surface area contributed by atoms with Crippen molar-refractivity contribution in [3.63, 3.8) is 0 Å². The van der Waals surface area contributed by atoms with Crippen LogP contribution >= 0.6 is 0 Å². The van der Waals surface area contributed by atoms with Crippen molar-refractivity contribution < 1.29 is 13.2 Å². The molecule has 0 aliphatic heterocycles. The summed E-state index contributed by atoms with van der Waals surface area (Å²) in [6.45, 7) is 0. The van der Waals surface area contributed by atoms with Gasteiger partial charge in [-0.05, 0) is 42.5 Å². The second-order valence-corrected chi connectivity index (χ2v) is 3.95. The summed E-state index contributed by atoms with van der Waals surface area (Å²) in [4.78, 5) is 0. The number of benzene rings is 2. The molecule has 0 amide bonds. The second kappa shape index (κ2) is 5.07. The molecule has 0 saturated heterocycles. The highest BCUT2D eigenvalue weighted by molar-refractivity contribution is 5.49. The molecule has 0 aliphatic carbocycles. The molecule has 0 fully saturated rings. The van der Waals surface area contributed by atoms with Crippen molar-refractivity contribution in [2.75, 3.05) is 5.73 Å². The van der Waals surface area contributed by atoms with Crippen molar-refractivity contribution in [1.29, 1.82) is 0 Å². The maximum atomic E-state index is 12.4. The van der Waals surface area contributed by atoms with Crippen molar-refractivity contribution in [2.45, 2.75) is 6.18 Å². The van der Waals surface area contributed by atoms with Gasteiger partial charge in [0.25, 0.3) is 0 Å². The summed E-state index contributed by atoms with van der Waals surface area (Å²) < 4.78 is 37.1. The SMILES string of the molecule is Nc1cccc(C#Cc2ccc(C(F)(F)F)cc2)c1. The number of halogens is 3. The van der Waals surface area contributed by atoms with Crippen molar-refractivity contribution in [3.8, 4) is 11.8 Å². The molecule has 0 heterocycles. The molecular formula is C15H10F3N. The van der Waals surface area contributed by atoms with Gasteiger partial charge in [-0.25, -0.2) is 0 Å². The molecule has 96 valence electrons. The summed E-state index contributed by atoms with van der Waals surface area (Å²) >= 11 is 0. The summed E-state index contributed by atoms with van der Waals surface area (Å²) in [6.07, 6.45) is -4.32. The van der Waals surface area contributed by atoms with Gasteiger partial charge in [-0.1, -0.05) is 17.9 Å². The Morgan fingerprint density at radius 2 is 1.47 bits per heavy atom. The van der Waals surface area contributed by atoms with Gasteiger partial charge in [0, 0.05) is 16.8 Å². The van der Waals surface area contributed by atoms with Crippen LogP contribution < -0.4 is 5.73 Å². The average Bonchev–Trinajstić information content (AvgIpc) is 2.36. The third-order valence-electron chi connectivity index (χ3n) is 2.45. The van der Waals surface area contributed by atoms with Crippen LogP contribution in [0, 0.1) is 11.8 Å². The highest BCUT2D eigenvalue weighted by Crippen LogP contribution is 2.28. The smallest absolute Gasteiger partial charge is 0.399 e. The first-order valence-electron chi connectivity index (χ1n) is 5.50. The third-order valence-corrected chi connectivity index (χ3v) is 2.45. The Morgan fingerprint density at radius 1 is 0.842 bits per heavy atom. The van der Waals surface area contributed by atoms with Gasteiger partial charge in [0.1, 0.15) is 0 Å². The zero-order chi connectivity index (χ0) is 13.9. The van der Waals surface area contributed by atoms with E-state index in [4.69, 9.17) is 5.73 Å². The normalized spacial score (nSPS) is 10.7. The molecule has 0 unspecified atom stereocenters. The van der Waals surface area contributed by atoms with E-state index in [-0.39, 0.29) is 0 Å². The topological polar surface area (TPSA) is 26.0 Å². The molecule has 2 N–H and O–H groups in total. The zero-order valence-electron chi connectivity index (χ0n) is 9.83. The lowest BCUT2D eigenvalue weighted by molar-refractivity contribution is -0.137. The second-order valence-electron chi connectivity index (χ2n) is 3.95. The number of hydrogen-bond donors (Lipinski definition) is 1. The zero-order valence-corrected chi connectivity index (χ0v) is 9.83. The van der Waals surface area contributed by atoms with Gasteiger partial charge in [-0.3, -0.25) is 0 Å². The van der Waals surface area contributed by atoms with Crippen molar-refractivity contribution >= 4 is 5.69 Å². The summed E-state index contributed by atoms with van der Waals surface area (Å²) in [5, 5.41) is 0. The number of hydrogen-bond acceptors (Lipinski definition) is 1. The van der Waals surface area contributed by atoms with Crippen LogP contribution in [0.4, 0.5) is 18.9 Å². The lowest BCUT2D eigenvalue weighted by atomic mass is 10.1. The minimum atomic E-state index is -4.32. The van der Waals surface area contributed by atoms with E-state index in [1.54, 1.807) is 24.3 Å². The minimum absolute atomic E-state index is 0.524. The number of nitrogen functional groups attached to an aromatic ring is 1. The van der Waals surface area contributed by atoms with Crippen LogP contribution in [-0.4, -0.2) is 0 Å². The molecule has 0 bridgehead atoms. The molecule has 19 heavy (non-hydrogen) atoms. The van der Waals surface area contributed by atoms with E-state index in [1.165, 1.54) is 12.1 Å². The van der Waals surface area contributed by atoms with E-state index in [0.717, 1.165) is 17.7 Å². The first-order chi connectivity index (χ1) is 8.95. The van der Waals surface area contributed by atoms with Gasteiger partial charge in [-0.15, -0.1) is 0 Å². The van der Waals surface area contributed by atoms with Gasteiger partial charge in [-0.2, -0.15) is 13.2 Å². The molecule has 0 atom stereocenters. The molecular weight excluding hydrogens is 251 g/mol. The minimum Gasteiger partial charge on any atom is -0.399 e. The van der Waals surface area contributed by atoms with Crippen LogP contribution in [0.15, 0.2) is 48.5 Å². The molecule has 0 aromatic heterocycles. The quantitative estimate of drug-likeness (QED) is 0.568. The molecule has 0 aliphatic rings. The molecule has 0 saturated carbocycles. The van der Waals surface area contributed by atoms with Crippen molar-refractivity contribution in [2.24, 2.45) is 0 Å². The Labute approximate surface area is 108 Å². The van der Waals surface area contributed by atoms with Crippen molar-refractivity contribution in [1.82, 2.24) is 0 Å². The van der Waals surface area contributed by atoms with Crippen LogP contribution in [0.1, 0.15) is 16.7 Å². The number of alkyl halides is 3. The molecule has 4 heteroatoms. The summed E-state index contributed by atoms with van der Waals surface area (Å²) in [6, 6.07) is 11.7. The predicted octanol–water partition coefficient (Wildman–Crippen LogP) is 3.69. The van der Waals surface area contributed by atoms with E-state index in [9.17, 15) is 13.2 Å². The highest BCUT2D eigenvalue weighted by atomic mass is 19.4. The molecule has 2 aromatic rings. The standard InChI is InChI=1S/C15H10F3N/c16-15(17,18)13-8-6-11(7-9-13)4-5-12-2-1-3-14(19)10-12/h1-3,6-10H,19H2. The Bertz CT molecular complexity index is 631. The third kappa shape index (κ3) is 3.52. The van der Waals surface area contributed by atoms with E-state index >= 15 is 0 Å². The Kier molecular flexibility index (Phi) is 3.48. The van der Waals surface area contributed by atoms with Gasteiger partial charge in [0.15, 0.2) is 0 Å². The van der Waals surface area contributed by atoms with Crippen molar-refractivity contribution in [3.05, 3.63) is 65.2 Å². The first kappa shape index (κ1) is 13.0. The van der Waals surface area contributed by atoms with Gasteiger partial charge in [0.05, 0.1) is 5.56 Å². The fourth-order valence-electron chi connectivity index (χ4n) is 1.50. The van der Waals surface area contributed by atoms with E-state index in [0.29, 0.717) is 11.3 Å². The molecule has 1 nitrogen and oxygen atoms in total. The summed E-state index contributed by atoms with van der Waals surface area (Å²) in [7, 11) is 0. The fourth-order valence-corrected chi connectivity index (χ4v) is 1.50. The lowest BCUT2D eigenvalue weighted by Crippen LogP contribution is -2.04. The lowest BCUT2D eigenvalue weighted by Gasteiger charge is -2.05. The Balaban J connectivity index is 2.21. The van der Waals surface area contributed by atoms with Crippen LogP contribution in [0.2, 0.25) is 0 Å². The van der Waals surface area contributed by atoms with E-state index < -0.39 is 11.7 Å². The van der Waals surface area contributed by atoms with Crippen LogP contribution in [0.25, 0.3) is 0 Å². The Morgan fingerprint density at radius 3 is 2.05 bits per heavy atom. The number of rotatable bonds is 0. The monoisotopic (exact) mass is 261 g/mol. The van der Waals surface area contributed by atoms with Gasteiger partial charge >= 0.3 is 6.18 Å². The van der Waals surface area contributed by atoms with E-state index in [1.807, 2.05) is 0 Å². The largest absolute Gasteiger partial charge is 0.416 e. The molecule has 2 aromatic carbocycles. The fraction of sp³-hybridized carbons (Fsp3) is 0.0667. The maximum Gasteiger partial charge on any atom is 0.416 e.